The number of allylic oxidation sites excluding steroid dienone is 1. The highest BCUT2D eigenvalue weighted by Crippen LogP contribution is 2.34. The molecule has 1 aromatic carbocycles. The first-order valence-corrected chi connectivity index (χ1v) is 4.96. The summed E-state index contributed by atoms with van der Waals surface area (Å²) in [4.78, 5) is 0. The lowest BCUT2D eigenvalue weighted by Crippen LogP contribution is -2.13. The second-order valence-corrected chi connectivity index (χ2v) is 3.55. The molecular formula is C12H13F3O2. The van der Waals surface area contributed by atoms with Crippen LogP contribution in [0.3, 0.4) is 0 Å². The highest BCUT2D eigenvalue weighted by molar-refractivity contribution is 5.70. The van der Waals surface area contributed by atoms with Crippen molar-refractivity contribution in [2.24, 2.45) is 0 Å². The van der Waals surface area contributed by atoms with Gasteiger partial charge in [-0.2, -0.15) is 13.2 Å². The average Bonchev–Trinajstić information content (AvgIpc) is 2.24. The normalized spacial score (nSPS) is 14.6. The van der Waals surface area contributed by atoms with Crippen LogP contribution in [0.5, 0.6) is 5.75 Å². The maximum atomic E-state index is 12.7. The van der Waals surface area contributed by atoms with Gasteiger partial charge in [0.2, 0.25) is 0 Å². The lowest BCUT2D eigenvalue weighted by Gasteiger charge is -2.13. The average molecular weight is 246 g/mol. The fourth-order valence-electron chi connectivity index (χ4n) is 1.37. The van der Waals surface area contributed by atoms with Crippen LogP contribution in [-0.4, -0.2) is 24.5 Å². The Morgan fingerprint density at radius 2 is 1.82 bits per heavy atom. The second-order valence-electron chi connectivity index (χ2n) is 3.55. The summed E-state index contributed by atoms with van der Waals surface area (Å²) in [5.41, 5.74) is -0.852. The highest BCUT2D eigenvalue weighted by atomic mass is 19.4. The summed E-state index contributed by atoms with van der Waals surface area (Å²) in [6.45, 7) is 1.27. The molecule has 0 bridgehead atoms. The largest absolute Gasteiger partial charge is 0.497 e. The molecule has 1 atom stereocenters. The molecule has 0 radical (unpaired) electrons. The first-order valence-electron chi connectivity index (χ1n) is 4.96. The molecule has 0 aliphatic carbocycles. The molecule has 1 aromatic rings. The summed E-state index contributed by atoms with van der Waals surface area (Å²) in [5, 5.41) is 9.05. The van der Waals surface area contributed by atoms with E-state index in [1.165, 1.54) is 38.3 Å². The zero-order valence-electron chi connectivity index (χ0n) is 9.45. The van der Waals surface area contributed by atoms with E-state index in [0.717, 1.165) is 6.08 Å². The van der Waals surface area contributed by atoms with Crippen molar-refractivity contribution in [3.05, 3.63) is 35.9 Å². The van der Waals surface area contributed by atoms with Crippen LogP contribution in [0, 0.1) is 0 Å². The summed E-state index contributed by atoms with van der Waals surface area (Å²) in [6, 6.07) is 5.50. The predicted molar refractivity (Wildman–Crippen MR) is 58.7 cm³/mol. The summed E-state index contributed by atoms with van der Waals surface area (Å²) < 4.78 is 43.1. The van der Waals surface area contributed by atoms with Gasteiger partial charge in [0.15, 0.2) is 0 Å². The smallest absolute Gasteiger partial charge is 0.416 e. The molecule has 0 aromatic heterocycles. The number of methoxy groups -OCH3 is 1. The Morgan fingerprint density at radius 3 is 2.18 bits per heavy atom. The summed E-state index contributed by atoms with van der Waals surface area (Å²) >= 11 is 0. The Bertz CT molecular complexity index is 391. The lowest BCUT2D eigenvalue weighted by molar-refractivity contribution is -0.0694. The second kappa shape index (κ2) is 5.23. The van der Waals surface area contributed by atoms with Gasteiger partial charge in [-0.25, -0.2) is 0 Å². The monoisotopic (exact) mass is 246 g/mol. The van der Waals surface area contributed by atoms with E-state index in [-0.39, 0.29) is 5.56 Å². The van der Waals surface area contributed by atoms with E-state index in [2.05, 4.69) is 0 Å². The van der Waals surface area contributed by atoms with Gasteiger partial charge in [-0.15, -0.1) is 0 Å². The fraction of sp³-hybridized carbons (Fsp3) is 0.333. The van der Waals surface area contributed by atoms with Gasteiger partial charge in [0.25, 0.3) is 0 Å². The van der Waals surface area contributed by atoms with E-state index in [0.29, 0.717) is 5.75 Å². The number of hydrogen-bond donors (Lipinski definition) is 1. The molecule has 0 fully saturated rings. The third-order valence-corrected chi connectivity index (χ3v) is 2.11. The molecule has 1 N–H and O–H groups in total. The van der Waals surface area contributed by atoms with Gasteiger partial charge in [-0.1, -0.05) is 12.1 Å². The third-order valence-electron chi connectivity index (χ3n) is 2.11. The summed E-state index contributed by atoms with van der Waals surface area (Å²) in [7, 11) is 1.44. The van der Waals surface area contributed by atoms with E-state index in [4.69, 9.17) is 9.84 Å². The van der Waals surface area contributed by atoms with Gasteiger partial charge in [0.05, 0.1) is 18.8 Å². The zero-order chi connectivity index (χ0) is 13.1. The van der Waals surface area contributed by atoms with Crippen molar-refractivity contribution in [3.8, 4) is 5.75 Å². The SMILES string of the molecule is COc1ccc(/C(=C\[C@H](C)O)C(F)(F)F)cc1. The van der Waals surface area contributed by atoms with Gasteiger partial charge >= 0.3 is 6.18 Å². The zero-order valence-corrected chi connectivity index (χ0v) is 9.45. The molecule has 0 aliphatic heterocycles. The molecule has 0 amide bonds. The van der Waals surface area contributed by atoms with Crippen LogP contribution in [0.15, 0.2) is 30.3 Å². The number of alkyl halides is 3. The number of aliphatic hydroxyl groups excluding tert-OH is 1. The number of halogens is 3. The van der Waals surface area contributed by atoms with Crippen LogP contribution in [0.4, 0.5) is 13.2 Å². The lowest BCUT2D eigenvalue weighted by atomic mass is 10.0. The van der Waals surface area contributed by atoms with E-state index < -0.39 is 17.9 Å². The summed E-state index contributed by atoms with van der Waals surface area (Å²) in [6.07, 6.45) is -4.87. The molecule has 1 rings (SSSR count). The van der Waals surface area contributed by atoms with E-state index in [1.807, 2.05) is 0 Å². The van der Waals surface area contributed by atoms with Crippen molar-refractivity contribution in [2.45, 2.75) is 19.2 Å². The highest BCUT2D eigenvalue weighted by Gasteiger charge is 2.34. The first-order chi connectivity index (χ1) is 7.84. The van der Waals surface area contributed by atoms with Crippen LogP contribution in [-0.2, 0) is 0 Å². The number of ether oxygens (including phenoxy) is 1. The van der Waals surface area contributed by atoms with E-state index in [1.54, 1.807) is 0 Å². The van der Waals surface area contributed by atoms with E-state index >= 15 is 0 Å². The van der Waals surface area contributed by atoms with Crippen LogP contribution in [0.25, 0.3) is 5.57 Å². The Morgan fingerprint density at radius 1 is 1.29 bits per heavy atom. The molecule has 0 saturated heterocycles. The van der Waals surface area contributed by atoms with Gasteiger partial charge < -0.3 is 9.84 Å². The molecule has 94 valence electrons. The molecule has 0 spiro atoms. The van der Waals surface area contributed by atoms with Crippen molar-refractivity contribution in [1.29, 1.82) is 0 Å². The Hall–Kier alpha value is -1.49. The van der Waals surface area contributed by atoms with Crippen LogP contribution in [0.2, 0.25) is 0 Å². The molecule has 0 heterocycles. The van der Waals surface area contributed by atoms with Crippen molar-refractivity contribution in [1.82, 2.24) is 0 Å². The number of hydrogen-bond acceptors (Lipinski definition) is 2. The minimum Gasteiger partial charge on any atom is -0.497 e. The van der Waals surface area contributed by atoms with Crippen molar-refractivity contribution >= 4 is 5.57 Å². The quantitative estimate of drug-likeness (QED) is 0.888. The topological polar surface area (TPSA) is 29.5 Å². The predicted octanol–water partition coefficient (Wildman–Crippen LogP) is 3.02. The molecule has 0 saturated carbocycles. The van der Waals surface area contributed by atoms with Crippen LogP contribution >= 0.6 is 0 Å². The number of rotatable bonds is 3. The van der Waals surface area contributed by atoms with Gasteiger partial charge in [0, 0.05) is 0 Å². The number of benzene rings is 1. The maximum Gasteiger partial charge on any atom is 0.416 e. The fourth-order valence-corrected chi connectivity index (χ4v) is 1.37. The Labute approximate surface area is 97.3 Å². The van der Waals surface area contributed by atoms with Gasteiger partial charge in [0.1, 0.15) is 5.75 Å². The standard InChI is InChI=1S/C12H13F3O2/c1-8(16)7-11(12(13,14)15)9-3-5-10(17-2)6-4-9/h3-8,16H,1-2H3/b11-7+/t8-/m0/s1. The van der Waals surface area contributed by atoms with Crippen molar-refractivity contribution in [2.75, 3.05) is 7.11 Å². The van der Waals surface area contributed by atoms with E-state index in [9.17, 15) is 13.2 Å². The summed E-state index contributed by atoms with van der Waals surface area (Å²) in [5.74, 6) is 0.479. The minimum atomic E-state index is -4.49. The molecule has 5 heteroatoms. The molecular weight excluding hydrogens is 233 g/mol. The Balaban J connectivity index is 3.14. The molecule has 0 aliphatic rings. The number of aliphatic hydroxyl groups is 1. The molecule has 2 nitrogen and oxygen atoms in total. The maximum absolute atomic E-state index is 12.7. The van der Waals surface area contributed by atoms with Crippen LogP contribution in [0.1, 0.15) is 12.5 Å². The minimum absolute atomic E-state index is 0.000741. The van der Waals surface area contributed by atoms with Crippen LogP contribution < -0.4 is 4.74 Å². The van der Waals surface area contributed by atoms with Gasteiger partial charge in [-0.3, -0.25) is 0 Å². The Kier molecular flexibility index (Phi) is 4.17. The van der Waals surface area contributed by atoms with Crippen molar-refractivity contribution in [3.63, 3.8) is 0 Å². The third kappa shape index (κ3) is 3.78. The molecule has 0 unspecified atom stereocenters. The first kappa shape index (κ1) is 13.6. The van der Waals surface area contributed by atoms with Gasteiger partial charge in [-0.05, 0) is 30.7 Å². The molecule has 17 heavy (non-hydrogen) atoms. The van der Waals surface area contributed by atoms with Crippen molar-refractivity contribution < 1.29 is 23.0 Å².